The molecule has 2 heterocycles. The van der Waals surface area contributed by atoms with Crippen LogP contribution in [-0.2, 0) is 27.6 Å². The number of aromatic nitrogens is 1. The number of benzene rings is 1. The molecule has 2 aliphatic rings. The molecule has 1 fully saturated rings. The molecule has 0 spiro atoms. The minimum Gasteiger partial charge on any atom is -0.496 e. The van der Waals surface area contributed by atoms with Gasteiger partial charge in [0, 0.05) is 66.1 Å². The zero-order chi connectivity index (χ0) is 22.0. The van der Waals surface area contributed by atoms with Crippen LogP contribution < -0.4 is 10.1 Å². The van der Waals surface area contributed by atoms with Gasteiger partial charge in [-0.1, -0.05) is 23.7 Å². The number of rotatable bonds is 7. The molecule has 4 rings (SSSR count). The van der Waals surface area contributed by atoms with E-state index in [0.29, 0.717) is 44.9 Å². The maximum atomic E-state index is 13.0. The summed E-state index contributed by atoms with van der Waals surface area (Å²) in [5.41, 5.74) is 4.62. The first-order valence-corrected chi connectivity index (χ1v) is 12.1. The van der Waals surface area contributed by atoms with Crippen molar-refractivity contribution in [1.82, 2.24) is 9.29 Å². The Morgan fingerprint density at radius 2 is 2.03 bits per heavy atom. The number of allylic oxidation sites excluding steroid dienone is 1. The van der Waals surface area contributed by atoms with Crippen LogP contribution in [0.3, 0.4) is 0 Å². The highest BCUT2D eigenvalue weighted by atomic mass is 35.5. The van der Waals surface area contributed by atoms with Crippen molar-refractivity contribution in [3.63, 3.8) is 0 Å². The fourth-order valence-electron chi connectivity index (χ4n) is 3.94. The lowest BCUT2D eigenvalue weighted by atomic mass is 10.1. The summed E-state index contributed by atoms with van der Waals surface area (Å²) >= 11 is 6.36. The summed E-state index contributed by atoms with van der Waals surface area (Å²) in [6.45, 7) is 4.34. The van der Waals surface area contributed by atoms with Gasteiger partial charge >= 0.3 is 0 Å². The number of hydrogen-bond donors (Lipinski definition) is 1. The van der Waals surface area contributed by atoms with Gasteiger partial charge < -0.3 is 14.8 Å². The van der Waals surface area contributed by atoms with E-state index in [-0.39, 0.29) is 4.90 Å². The van der Waals surface area contributed by atoms with Gasteiger partial charge in [-0.05, 0) is 19.1 Å². The molecule has 1 aliphatic carbocycles. The van der Waals surface area contributed by atoms with Gasteiger partial charge in [0.05, 0.1) is 30.9 Å². The van der Waals surface area contributed by atoms with Crippen LogP contribution in [0.2, 0.25) is 0 Å². The van der Waals surface area contributed by atoms with Crippen LogP contribution >= 0.6 is 11.6 Å². The molecule has 0 atom stereocenters. The van der Waals surface area contributed by atoms with Crippen molar-refractivity contribution in [2.45, 2.75) is 24.7 Å². The number of morpholine rings is 1. The van der Waals surface area contributed by atoms with Crippen LogP contribution in [-0.4, -0.2) is 57.7 Å². The molecule has 166 valence electrons. The van der Waals surface area contributed by atoms with Crippen LogP contribution in [0.5, 0.6) is 5.75 Å². The summed E-state index contributed by atoms with van der Waals surface area (Å²) in [6, 6.07) is 7.04. The molecule has 0 bridgehead atoms. The number of methoxy groups -OCH3 is 1. The first-order valence-electron chi connectivity index (χ1n) is 10.3. The van der Waals surface area contributed by atoms with Crippen LogP contribution in [0.15, 0.2) is 35.2 Å². The summed E-state index contributed by atoms with van der Waals surface area (Å²) in [5, 5.41) is 4.09. The Morgan fingerprint density at radius 1 is 1.26 bits per heavy atom. The van der Waals surface area contributed by atoms with E-state index < -0.39 is 10.0 Å². The maximum Gasteiger partial charge on any atom is 0.243 e. The van der Waals surface area contributed by atoms with Crippen molar-refractivity contribution >= 4 is 32.3 Å². The zero-order valence-corrected chi connectivity index (χ0v) is 19.2. The second kappa shape index (κ2) is 9.16. The van der Waals surface area contributed by atoms with Gasteiger partial charge in [0.2, 0.25) is 10.0 Å². The standard InChI is InChI=1S/C22H26ClN3O4S/c1-3-24-20-13-16(25-19-7-6-18(23)22(19)20)12-15-4-5-17(14-21(15)29-2)31(27,28)26-8-10-30-11-9-26/h4-6,13-14H,3,7-12H2,1-2H3,(H,24,25). The molecule has 31 heavy (non-hydrogen) atoms. The molecule has 0 radical (unpaired) electrons. The number of nitrogens with one attached hydrogen (secondary N) is 1. The normalized spacial score (nSPS) is 16.7. The zero-order valence-electron chi connectivity index (χ0n) is 17.7. The number of halogens is 1. The Morgan fingerprint density at radius 3 is 2.74 bits per heavy atom. The van der Waals surface area contributed by atoms with Crippen LogP contribution in [0, 0.1) is 0 Å². The molecule has 0 unspecified atom stereocenters. The molecule has 1 aromatic carbocycles. The SMILES string of the molecule is CCNc1cc(Cc2ccc(S(=O)(=O)N3CCOCC3)cc2OC)nc2c1C(Cl)=CC2. The quantitative estimate of drug-likeness (QED) is 0.678. The fourth-order valence-corrected chi connectivity index (χ4v) is 5.65. The molecule has 1 saturated heterocycles. The highest BCUT2D eigenvalue weighted by molar-refractivity contribution is 7.89. The van der Waals surface area contributed by atoms with Gasteiger partial charge in [-0.25, -0.2) is 8.42 Å². The maximum absolute atomic E-state index is 13.0. The van der Waals surface area contributed by atoms with E-state index in [1.807, 2.05) is 19.1 Å². The minimum absolute atomic E-state index is 0.223. The summed E-state index contributed by atoms with van der Waals surface area (Å²) < 4.78 is 38.2. The summed E-state index contributed by atoms with van der Waals surface area (Å²) in [5.74, 6) is 0.526. The first kappa shape index (κ1) is 22.1. The van der Waals surface area contributed by atoms with E-state index in [0.717, 1.165) is 39.8 Å². The predicted octanol–water partition coefficient (Wildman–Crippen LogP) is 3.27. The molecule has 1 aromatic heterocycles. The molecule has 0 amide bonds. The largest absolute Gasteiger partial charge is 0.496 e. The van der Waals surface area contributed by atoms with E-state index >= 15 is 0 Å². The molecule has 1 N–H and O–H groups in total. The average Bonchev–Trinajstić information content (AvgIpc) is 3.15. The van der Waals surface area contributed by atoms with Crippen LogP contribution in [0.1, 0.15) is 29.4 Å². The number of pyridine rings is 1. The van der Waals surface area contributed by atoms with Gasteiger partial charge in [-0.3, -0.25) is 4.98 Å². The number of fused-ring (bicyclic) bond motifs is 1. The number of hydrogen-bond acceptors (Lipinski definition) is 6. The second-order valence-corrected chi connectivity index (χ2v) is 9.78. The third kappa shape index (κ3) is 4.43. The van der Waals surface area contributed by atoms with E-state index in [9.17, 15) is 8.42 Å². The Kier molecular flexibility index (Phi) is 6.52. The van der Waals surface area contributed by atoms with Crippen molar-refractivity contribution in [1.29, 1.82) is 0 Å². The Balaban J connectivity index is 1.63. The monoisotopic (exact) mass is 463 g/mol. The molecule has 2 aromatic rings. The van der Waals surface area contributed by atoms with Crippen molar-refractivity contribution in [2.24, 2.45) is 0 Å². The highest BCUT2D eigenvalue weighted by Crippen LogP contribution is 2.36. The van der Waals surface area contributed by atoms with Gasteiger partial charge in [0.25, 0.3) is 0 Å². The predicted molar refractivity (Wildman–Crippen MR) is 121 cm³/mol. The summed E-state index contributed by atoms with van der Waals surface area (Å²) in [6.07, 6.45) is 3.19. The molecule has 1 aliphatic heterocycles. The summed E-state index contributed by atoms with van der Waals surface area (Å²) in [4.78, 5) is 5.01. The lowest BCUT2D eigenvalue weighted by Gasteiger charge is -2.26. The van der Waals surface area contributed by atoms with E-state index in [4.69, 9.17) is 26.1 Å². The van der Waals surface area contributed by atoms with Gasteiger partial charge in [0.1, 0.15) is 5.75 Å². The molecule has 7 nitrogen and oxygen atoms in total. The molecular weight excluding hydrogens is 438 g/mol. The highest BCUT2D eigenvalue weighted by Gasteiger charge is 2.27. The number of ether oxygens (including phenoxy) is 2. The van der Waals surface area contributed by atoms with Crippen molar-refractivity contribution in [2.75, 3.05) is 45.3 Å². The molecule has 9 heteroatoms. The Hall–Kier alpha value is -2.13. The summed E-state index contributed by atoms with van der Waals surface area (Å²) in [7, 11) is -2.04. The minimum atomic E-state index is -3.59. The van der Waals surface area contributed by atoms with E-state index in [2.05, 4.69) is 5.32 Å². The second-order valence-electron chi connectivity index (χ2n) is 7.44. The van der Waals surface area contributed by atoms with Gasteiger partial charge in [0.15, 0.2) is 0 Å². The topological polar surface area (TPSA) is 80.8 Å². The number of nitrogens with zero attached hydrogens (tertiary/aromatic N) is 2. The van der Waals surface area contributed by atoms with E-state index in [1.165, 1.54) is 4.31 Å². The third-order valence-corrected chi connectivity index (χ3v) is 7.70. The van der Waals surface area contributed by atoms with Crippen molar-refractivity contribution in [3.8, 4) is 5.75 Å². The van der Waals surface area contributed by atoms with Crippen molar-refractivity contribution < 1.29 is 17.9 Å². The average molecular weight is 464 g/mol. The first-order chi connectivity index (χ1) is 14.9. The van der Waals surface area contributed by atoms with Crippen molar-refractivity contribution in [3.05, 3.63) is 52.9 Å². The van der Waals surface area contributed by atoms with Crippen LogP contribution in [0.25, 0.3) is 5.03 Å². The molecule has 0 saturated carbocycles. The Bertz CT molecular complexity index is 1110. The van der Waals surface area contributed by atoms with Crippen LogP contribution in [0.4, 0.5) is 5.69 Å². The van der Waals surface area contributed by atoms with Gasteiger partial charge in [-0.2, -0.15) is 4.31 Å². The Labute approximate surface area is 188 Å². The lowest BCUT2D eigenvalue weighted by molar-refractivity contribution is 0.0730. The fraction of sp³-hybridized carbons (Fsp3) is 0.409. The number of sulfonamides is 1. The lowest BCUT2D eigenvalue weighted by Crippen LogP contribution is -2.40. The third-order valence-electron chi connectivity index (χ3n) is 5.47. The smallest absolute Gasteiger partial charge is 0.243 e. The van der Waals surface area contributed by atoms with Gasteiger partial charge in [-0.15, -0.1) is 0 Å². The van der Waals surface area contributed by atoms with E-state index in [1.54, 1.807) is 25.3 Å². The number of anilines is 1. The molecular formula is C22H26ClN3O4S.